The highest BCUT2D eigenvalue weighted by molar-refractivity contribution is 5.93. The highest BCUT2D eigenvalue weighted by atomic mass is 16.5. The van der Waals surface area contributed by atoms with Crippen LogP contribution < -0.4 is 20.1 Å². The number of aliphatic imine (C=N–C) groups is 1. The van der Waals surface area contributed by atoms with Gasteiger partial charge in [0.1, 0.15) is 12.4 Å². The van der Waals surface area contributed by atoms with E-state index >= 15 is 0 Å². The number of methoxy groups -OCH3 is 1. The van der Waals surface area contributed by atoms with Crippen LogP contribution in [0, 0.1) is 6.92 Å². The number of aromatic nitrogens is 3. The predicted molar refractivity (Wildman–Crippen MR) is 114 cm³/mol. The molecule has 9 heteroatoms. The van der Waals surface area contributed by atoms with Gasteiger partial charge in [-0.2, -0.15) is 0 Å². The molecule has 1 aromatic carbocycles. The average Bonchev–Trinajstić information content (AvgIpc) is 3.04. The van der Waals surface area contributed by atoms with Gasteiger partial charge in [-0.3, -0.25) is 0 Å². The Balaban J connectivity index is 2.12. The topological polar surface area (TPSA) is 94.8 Å². The van der Waals surface area contributed by atoms with Crippen LogP contribution in [0.3, 0.4) is 0 Å². The maximum Gasteiger partial charge on any atom is 0.196 e. The summed E-state index contributed by atoms with van der Waals surface area (Å²) in [5.74, 6) is 3.66. The van der Waals surface area contributed by atoms with E-state index < -0.39 is 0 Å². The lowest BCUT2D eigenvalue weighted by molar-refractivity contribution is 0.146. The zero-order chi connectivity index (χ0) is 21.1. The molecule has 0 spiro atoms. The Bertz CT molecular complexity index is 791. The van der Waals surface area contributed by atoms with Gasteiger partial charge >= 0.3 is 0 Å². The van der Waals surface area contributed by atoms with E-state index in [0.717, 1.165) is 36.9 Å². The molecule has 0 amide bonds. The van der Waals surface area contributed by atoms with Crippen LogP contribution in [0.15, 0.2) is 23.2 Å². The molecule has 2 N–H and O–H groups in total. The van der Waals surface area contributed by atoms with Gasteiger partial charge in [-0.15, -0.1) is 10.2 Å². The lowest BCUT2D eigenvalue weighted by Crippen LogP contribution is -2.32. The SMILES string of the molecule is CCOCCCNC(=NCc1nnc(C)n1C)Nc1ccc(OC)c(OCC)c1. The summed E-state index contributed by atoms with van der Waals surface area (Å²) in [5, 5.41) is 14.9. The number of hydrogen-bond donors (Lipinski definition) is 2. The van der Waals surface area contributed by atoms with Crippen LogP contribution in [0.2, 0.25) is 0 Å². The van der Waals surface area contributed by atoms with Crippen LogP contribution in [-0.4, -0.2) is 54.2 Å². The number of rotatable bonds is 11. The van der Waals surface area contributed by atoms with Gasteiger partial charge < -0.3 is 29.4 Å². The van der Waals surface area contributed by atoms with Gasteiger partial charge in [-0.25, -0.2) is 4.99 Å². The van der Waals surface area contributed by atoms with E-state index in [1.54, 1.807) is 7.11 Å². The second-order valence-electron chi connectivity index (χ2n) is 6.29. The fraction of sp³-hybridized carbons (Fsp3) is 0.550. The van der Waals surface area contributed by atoms with Crippen LogP contribution in [-0.2, 0) is 18.3 Å². The third kappa shape index (κ3) is 6.94. The molecule has 0 aliphatic heterocycles. The maximum atomic E-state index is 5.66. The zero-order valence-electron chi connectivity index (χ0n) is 18.0. The van der Waals surface area contributed by atoms with Gasteiger partial charge in [-0.1, -0.05) is 0 Å². The number of ether oxygens (including phenoxy) is 3. The molecule has 2 rings (SSSR count). The van der Waals surface area contributed by atoms with Gasteiger partial charge in [0.05, 0.1) is 13.7 Å². The third-order valence-electron chi connectivity index (χ3n) is 4.25. The van der Waals surface area contributed by atoms with Gasteiger partial charge in [-0.05, 0) is 39.3 Å². The Kier molecular flexibility index (Phi) is 9.23. The van der Waals surface area contributed by atoms with E-state index in [4.69, 9.17) is 14.2 Å². The normalized spacial score (nSPS) is 11.4. The third-order valence-corrected chi connectivity index (χ3v) is 4.25. The quantitative estimate of drug-likeness (QED) is 0.338. The van der Waals surface area contributed by atoms with E-state index in [2.05, 4.69) is 25.8 Å². The summed E-state index contributed by atoms with van der Waals surface area (Å²) >= 11 is 0. The molecule has 0 bridgehead atoms. The Morgan fingerprint density at radius 2 is 2.00 bits per heavy atom. The Labute approximate surface area is 172 Å². The molecule has 0 saturated carbocycles. The van der Waals surface area contributed by atoms with Crippen LogP contribution in [0.4, 0.5) is 5.69 Å². The van der Waals surface area contributed by atoms with Crippen LogP contribution in [0.25, 0.3) is 0 Å². The summed E-state index contributed by atoms with van der Waals surface area (Å²) in [6.45, 7) is 8.97. The summed E-state index contributed by atoms with van der Waals surface area (Å²) in [6, 6.07) is 5.68. The van der Waals surface area contributed by atoms with Crippen molar-refractivity contribution in [3.05, 3.63) is 29.8 Å². The number of nitrogens with zero attached hydrogens (tertiary/aromatic N) is 4. The average molecular weight is 405 g/mol. The second kappa shape index (κ2) is 11.9. The lowest BCUT2D eigenvalue weighted by Gasteiger charge is -2.15. The highest BCUT2D eigenvalue weighted by Gasteiger charge is 2.09. The monoisotopic (exact) mass is 404 g/mol. The van der Waals surface area contributed by atoms with Crippen molar-refractivity contribution < 1.29 is 14.2 Å². The fourth-order valence-electron chi connectivity index (χ4n) is 2.56. The van der Waals surface area contributed by atoms with Crippen molar-refractivity contribution in [3.8, 4) is 11.5 Å². The Morgan fingerprint density at radius 3 is 2.66 bits per heavy atom. The van der Waals surface area contributed by atoms with Crippen molar-refractivity contribution >= 4 is 11.6 Å². The molecule has 0 atom stereocenters. The molecule has 0 saturated heterocycles. The van der Waals surface area contributed by atoms with Gasteiger partial charge in [0.15, 0.2) is 23.3 Å². The minimum Gasteiger partial charge on any atom is -0.493 e. The predicted octanol–water partition coefficient (Wildman–Crippen LogP) is 2.52. The summed E-state index contributed by atoms with van der Waals surface area (Å²) < 4.78 is 18.3. The first kappa shape index (κ1) is 22.5. The number of anilines is 1. The molecule has 1 heterocycles. The maximum absolute atomic E-state index is 5.66. The number of guanidine groups is 1. The lowest BCUT2D eigenvalue weighted by atomic mass is 10.2. The first-order valence-electron chi connectivity index (χ1n) is 9.87. The van der Waals surface area contributed by atoms with Crippen LogP contribution >= 0.6 is 0 Å². The Morgan fingerprint density at radius 1 is 1.17 bits per heavy atom. The number of hydrogen-bond acceptors (Lipinski definition) is 6. The molecule has 2 aromatic rings. The molecule has 160 valence electrons. The van der Waals surface area contributed by atoms with Crippen molar-refractivity contribution in [2.75, 3.05) is 38.8 Å². The zero-order valence-corrected chi connectivity index (χ0v) is 18.0. The summed E-state index contributed by atoms with van der Waals surface area (Å²) in [4.78, 5) is 4.66. The minimum absolute atomic E-state index is 0.409. The van der Waals surface area contributed by atoms with Gasteiger partial charge in [0, 0.05) is 38.6 Å². The van der Waals surface area contributed by atoms with Crippen LogP contribution in [0.5, 0.6) is 11.5 Å². The largest absolute Gasteiger partial charge is 0.493 e. The van der Waals surface area contributed by atoms with E-state index in [9.17, 15) is 0 Å². The Hall–Kier alpha value is -2.81. The molecule has 29 heavy (non-hydrogen) atoms. The van der Waals surface area contributed by atoms with E-state index in [-0.39, 0.29) is 0 Å². The molecule has 0 radical (unpaired) electrons. The van der Waals surface area contributed by atoms with E-state index in [1.807, 2.05) is 50.6 Å². The first-order chi connectivity index (χ1) is 14.1. The molecule has 0 aliphatic carbocycles. The fourth-order valence-corrected chi connectivity index (χ4v) is 2.56. The van der Waals surface area contributed by atoms with Crippen LogP contribution in [0.1, 0.15) is 31.9 Å². The number of benzene rings is 1. The van der Waals surface area contributed by atoms with E-state index in [0.29, 0.717) is 37.2 Å². The summed E-state index contributed by atoms with van der Waals surface area (Å²) in [6.07, 6.45) is 0.879. The number of aryl methyl sites for hydroxylation is 1. The van der Waals surface area contributed by atoms with Crippen molar-refractivity contribution in [2.45, 2.75) is 33.7 Å². The molecule has 0 aliphatic rings. The first-order valence-corrected chi connectivity index (χ1v) is 9.87. The van der Waals surface area contributed by atoms with Crippen molar-refractivity contribution in [3.63, 3.8) is 0 Å². The highest BCUT2D eigenvalue weighted by Crippen LogP contribution is 2.30. The minimum atomic E-state index is 0.409. The molecular formula is C20H32N6O3. The molecular weight excluding hydrogens is 372 g/mol. The molecule has 1 aromatic heterocycles. The van der Waals surface area contributed by atoms with Crippen molar-refractivity contribution in [2.24, 2.45) is 12.0 Å². The second-order valence-corrected chi connectivity index (χ2v) is 6.29. The van der Waals surface area contributed by atoms with Gasteiger partial charge in [0.25, 0.3) is 0 Å². The molecule has 9 nitrogen and oxygen atoms in total. The van der Waals surface area contributed by atoms with E-state index in [1.165, 1.54) is 0 Å². The molecule has 0 unspecified atom stereocenters. The smallest absolute Gasteiger partial charge is 0.196 e. The van der Waals surface area contributed by atoms with Crippen molar-refractivity contribution in [1.82, 2.24) is 20.1 Å². The summed E-state index contributed by atoms with van der Waals surface area (Å²) in [5.41, 5.74) is 0.847. The summed E-state index contributed by atoms with van der Waals surface area (Å²) in [7, 11) is 3.56. The standard InChI is InChI=1S/C20H32N6O3/c1-6-28-12-8-11-21-20(22-14-19-25-24-15(3)26(19)4)23-16-9-10-17(27-5)18(13-16)29-7-2/h9-10,13H,6-8,11-12,14H2,1-5H3,(H2,21,22,23). The number of nitrogens with one attached hydrogen (secondary N) is 2. The molecule has 0 fully saturated rings. The van der Waals surface area contributed by atoms with Crippen molar-refractivity contribution in [1.29, 1.82) is 0 Å². The van der Waals surface area contributed by atoms with Gasteiger partial charge in [0.2, 0.25) is 0 Å².